The number of benzene rings is 1. The Morgan fingerprint density at radius 1 is 1.25 bits per heavy atom. The molecular formula is C19H28N4O. The van der Waals surface area contributed by atoms with E-state index in [-0.39, 0.29) is 5.91 Å². The minimum absolute atomic E-state index is 0.124. The predicted octanol–water partition coefficient (Wildman–Crippen LogP) is 2.76. The van der Waals surface area contributed by atoms with Gasteiger partial charge in [-0.05, 0) is 58.0 Å². The lowest BCUT2D eigenvalue weighted by Crippen LogP contribution is -2.31. The van der Waals surface area contributed by atoms with Gasteiger partial charge in [-0.25, -0.2) is 0 Å². The van der Waals surface area contributed by atoms with Crippen molar-refractivity contribution in [1.82, 2.24) is 20.0 Å². The van der Waals surface area contributed by atoms with Crippen molar-refractivity contribution in [3.05, 3.63) is 29.5 Å². The Bertz CT molecular complexity index is 701. The molecule has 1 saturated heterocycles. The zero-order valence-electron chi connectivity index (χ0n) is 14.8. The first-order chi connectivity index (χ1) is 11.6. The van der Waals surface area contributed by atoms with Crippen molar-refractivity contribution in [3.63, 3.8) is 0 Å². The molecule has 0 bridgehead atoms. The summed E-state index contributed by atoms with van der Waals surface area (Å²) in [6.45, 7) is 6.01. The summed E-state index contributed by atoms with van der Waals surface area (Å²) < 4.78 is 1.88. The lowest BCUT2D eigenvalue weighted by Gasteiger charge is -2.26. The SMILES string of the molecule is Cc1ccc2c(c1)c(CNC(=O)CCCN1CCCCC1)nn2C. The number of amides is 1. The fraction of sp³-hybridized carbons (Fsp3) is 0.579. The Morgan fingerprint density at radius 3 is 2.83 bits per heavy atom. The van der Waals surface area contributed by atoms with Gasteiger partial charge in [0.05, 0.1) is 17.8 Å². The van der Waals surface area contributed by atoms with Crippen LogP contribution in [0.2, 0.25) is 0 Å². The van der Waals surface area contributed by atoms with Crippen LogP contribution in [-0.2, 0) is 18.4 Å². The number of carbonyl (C=O) groups excluding carboxylic acids is 1. The van der Waals surface area contributed by atoms with E-state index < -0.39 is 0 Å². The quantitative estimate of drug-likeness (QED) is 0.887. The van der Waals surface area contributed by atoms with Crippen LogP contribution in [0.1, 0.15) is 43.4 Å². The van der Waals surface area contributed by atoms with E-state index in [1.165, 1.54) is 37.9 Å². The van der Waals surface area contributed by atoms with Gasteiger partial charge in [0.25, 0.3) is 0 Å². The van der Waals surface area contributed by atoms with Crippen LogP contribution < -0.4 is 5.32 Å². The molecular weight excluding hydrogens is 300 g/mol. The molecule has 1 aliphatic rings. The first kappa shape index (κ1) is 17.0. The highest BCUT2D eigenvalue weighted by Crippen LogP contribution is 2.19. The largest absolute Gasteiger partial charge is 0.350 e. The maximum atomic E-state index is 12.1. The molecule has 0 saturated carbocycles. The summed E-state index contributed by atoms with van der Waals surface area (Å²) in [5.41, 5.74) is 3.26. The summed E-state index contributed by atoms with van der Waals surface area (Å²) in [4.78, 5) is 14.6. The first-order valence-electron chi connectivity index (χ1n) is 9.05. The Morgan fingerprint density at radius 2 is 2.04 bits per heavy atom. The molecule has 24 heavy (non-hydrogen) atoms. The molecule has 5 nitrogen and oxygen atoms in total. The molecule has 1 fully saturated rings. The highest BCUT2D eigenvalue weighted by molar-refractivity contribution is 5.83. The third-order valence-corrected chi connectivity index (χ3v) is 4.86. The summed E-state index contributed by atoms with van der Waals surface area (Å²) in [7, 11) is 1.95. The van der Waals surface area contributed by atoms with Gasteiger partial charge >= 0.3 is 0 Å². The number of likely N-dealkylation sites (tertiary alicyclic amines) is 1. The van der Waals surface area contributed by atoms with Crippen molar-refractivity contribution in [2.24, 2.45) is 7.05 Å². The third kappa shape index (κ3) is 4.15. The van der Waals surface area contributed by atoms with Crippen molar-refractivity contribution < 1.29 is 4.79 Å². The van der Waals surface area contributed by atoms with E-state index >= 15 is 0 Å². The lowest BCUT2D eigenvalue weighted by atomic mass is 10.1. The van der Waals surface area contributed by atoms with Gasteiger partial charge in [-0.1, -0.05) is 18.1 Å². The highest BCUT2D eigenvalue weighted by Gasteiger charge is 2.12. The molecule has 130 valence electrons. The fourth-order valence-corrected chi connectivity index (χ4v) is 3.50. The Hall–Kier alpha value is -1.88. The van der Waals surface area contributed by atoms with E-state index in [9.17, 15) is 4.79 Å². The molecule has 3 rings (SSSR count). The van der Waals surface area contributed by atoms with Gasteiger partial charge in [0.15, 0.2) is 0 Å². The molecule has 0 aliphatic carbocycles. The van der Waals surface area contributed by atoms with Gasteiger partial charge in [0, 0.05) is 18.9 Å². The topological polar surface area (TPSA) is 50.2 Å². The van der Waals surface area contributed by atoms with E-state index in [0.29, 0.717) is 13.0 Å². The van der Waals surface area contributed by atoms with Crippen LogP contribution in [0.5, 0.6) is 0 Å². The van der Waals surface area contributed by atoms with E-state index in [1.807, 2.05) is 11.7 Å². The molecule has 1 N–H and O–H groups in total. The average Bonchev–Trinajstić information content (AvgIpc) is 2.89. The van der Waals surface area contributed by atoms with Gasteiger partial charge in [-0.15, -0.1) is 0 Å². The first-order valence-corrected chi connectivity index (χ1v) is 9.05. The Kier molecular flexibility index (Phi) is 5.51. The number of nitrogens with zero attached hydrogens (tertiary/aromatic N) is 3. The lowest BCUT2D eigenvalue weighted by molar-refractivity contribution is -0.121. The number of nitrogens with one attached hydrogen (secondary N) is 1. The third-order valence-electron chi connectivity index (χ3n) is 4.86. The van der Waals surface area contributed by atoms with Gasteiger partial charge < -0.3 is 10.2 Å². The highest BCUT2D eigenvalue weighted by atomic mass is 16.1. The second-order valence-corrected chi connectivity index (χ2v) is 6.87. The van der Waals surface area contributed by atoms with Crippen LogP contribution in [0.25, 0.3) is 10.9 Å². The van der Waals surface area contributed by atoms with E-state index in [1.54, 1.807) is 0 Å². The van der Waals surface area contributed by atoms with Gasteiger partial charge in [0.1, 0.15) is 0 Å². The number of carbonyl (C=O) groups is 1. The predicted molar refractivity (Wildman–Crippen MR) is 96.8 cm³/mol. The Labute approximate surface area is 144 Å². The van der Waals surface area contributed by atoms with Crippen LogP contribution in [-0.4, -0.2) is 40.2 Å². The van der Waals surface area contributed by atoms with Crippen LogP contribution in [0.15, 0.2) is 18.2 Å². The number of hydrogen-bond acceptors (Lipinski definition) is 3. The van der Waals surface area contributed by atoms with Crippen LogP contribution in [0.4, 0.5) is 0 Å². The number of hydrogen-bond donors (Lipinski definition) is 1. The van der Waals surface area contributed by atoms with Crippen molar-refractivity contribution in [1.29, 1.82) is 0 Å². The summed E-state index contributed by atoms with van der Waals surface area (Å²) in [6.07, 6.45) is 5.50. The smallest absolute Gasteiger partial charge is 0.220 e. The monoisotopic (exact) mass is 328 g/mol. The minimum atomic E-state index is 0.124. The van der Waals surface area contributed by atoms with Crippen LogP contribution >= 0.6 is 0 Å². The second-order valence-electron chi connectivity index (χ2n) is 6.87. The van der Waals surface area contributed by atoms with Crippen molar-refractivity contribution in [2.75, 3.05) is 19.6 Å². The second kappa shape index (κ2) is 7.79. The minimum Gasteiger partial charge on any atom is -0.350 e. The molecule has 2 heterocycles. The molecule has 2 aromatic rings. The zero-order valence-corrected chi connectivity index (χ0v) is 14.8. The van der Waals surface area contributed by atoms with Crippen LogP contribution in [0.3, 0.4) is 0 Å². The van der Waals surface area contributed by atoms with Crippen molar-refractivity contribution >= 4 is 16.8 Å². The van der Waals surface area contributed by atoms with Gasteiger partial charge in [-0.3, -0.25) is 9.48 Å². The molecule has 1 aromatic heterocycles. The Balaban J connectivity index is 1.48. The molecule has 5 heteroatoms. The summed E-state index contributed by atoms with van der Waals surface area (Å²) in [5, 5.41) is 8.71. The number of rotatable bonds is 6. The van der Waals surface area contributed by atoms with Crippen molar-refractivity contribution in [2.45, 2.75) is 45.6 Å². The standard InChI is InChI=1S/C19H28N4O/c1-15-8-9-18-16(13-15)17(21-22(18)2)14-20-19(24)7-6-12-23-10-4-3-5-11-23/h8-9,13H,3-7,10-12,14H2,1-2H3,(H,20,24). The molecule has 0 spiro atoms. The molecule has 0 radical (unpaired) electrons. The normalized spacial score (nSPS) is 15.8. The number of aryl methyl sites for hydroxylation is 2. The zero-order chi connectivity index (χ0) is 16.9. The number of piperidine rings is 1. The molecule has 1 aromatic carbocycles. The summed E-state index contributed by atoms with van der Waals surface area (Å²) in [6, 6.07) is 6.31. The maximum absolute atomic E-state index is 12.1. The fourth-order valence-electron chi connectivity index (χ4n) is 3.50. The van der Waals surface area contributed by atoms with E-state index in [0.717, 1.165) is 29.6 Å². The average molecular weight is 328 g/mol. The maximum Gasteiger partial charge on any atom is 0.220 e. The number of aromatic nitrogens is 2. The molecule has 1 aliphatic heterocycles. The summed E-state index contributed by atoms with van der Waals surface area (Å²) in [5.74, 6) is 0.124. The summed E-state index contributed by atoms with van der Waals surface area (Å²) >= 11 is 0. The van der Waals surface area contributed by atoms with Crippen LogP contribution in [0, 0.1) is 6.92 Å². The van der Waals surface area contributed by atoms with E-state index in [4.69, 9.17) is 0 Å². The molecule has 0 atom stereocenters. The molecule has 0 unspecified atom stereocenters. The molecule has 1 amide bonds. The number of fused-ring (bicyclic) bond motifs is 1. The van der Waals surface area contributed by atoms with Gasteiger partial charge in [0.2, 0.25) is 5.91 Å². The van der Waals surface area contributed by atoms with Crippen molar-refractivity contribution in [3.8, 4) is 0 Å². The van der Waals surface area contributed by atoms with Gasteiger partial charge in [-0.2, -0.15) is 5.10 Å². The van der Waals surface area contributed by atoms with E-state index in [2.05, 4.69) is 40.4 Å².